The lowest BCUT2D eigenvalue weighted by Gasteiger charge is -2.28. The van der Waals surface area contributed by atoms with E-state index in [1.54, 1.807) is 7.11 Å². The summed E-state index contributed by atoms with van der Waals surface area (Å²) in [6.07, 6.45) is 2.77. The number of nitrogens with zero attached hydrogens (tertiary/aromatic N) is 2. The number of amides is 1. The second-order valence-corrected chi connectivity index (χ2v) is 6.82. The SMILES string of the molecule is COc1ccc(NC(=O)C(C)N2CCCC(N(C)CC(=O)O)CC2)cc1. The normalized spacial score (nSPS) is 19.6. The summed E-state index contributed by atoms with van der Waals surface area (Å²) in [5, 5.41) is 11.9. The number of aliphatic carboxylic acids is 1. The number of carbonyl (C=O) groups is 2. The molecule has 0 saturated carbocycles. The fourth-order valence-electron chi connectivity index (χ4n) is 3.36. The summed E-state index contributed by atoms with van der Waals surface area (Å²) < 4.78 is 5.12. The number of carboxylic acids is 1. The number of likely N-dealkylation sites (N-methyl/N-ethyl adjacent to an activating group) is 1. The van der Waals surface area contributed by atoms with Gasteiger partial charge in [0.05, 0.1) is 19.7 Å². The van der Waals surface area contributed by atoms with E-state index in [2.05, 4.69) is 10.2 Å². The fraction of sp³-hybridized carbons (Fsp3) is 0.579. The quantitative estimate of drug-likeness (QED) is 0.770. The first-order chi connectivity index (χ1) is 12.4. The maximum atomic E-state index is 12.6. The minimum atomic E-state index is -0.805. The Labute approximate surface area is 154 Å². The highest BCUT2D eigenvalue weighted by Crippen LogP contribution is 2.19. The van der Waals surface area contributed by atoms with Gasteiger partial charge < -0.3 is 15.2 Å². The number of anilines is 1. The molecule has 0 spiro atoms. The van der Waals surface area contributed by atoms with Crippen LogP contribution >= 0.6 is 0 Å². The Hall–Kier alpha value is -2.12. The Morgan fingerprint density at radius 3 is 2.62 bits per heavy atom. The second kappa shape index (κ2) is 9.54. The molecule has 2 rings (SSSR count). The minimum absolute atomic E-state index is 0.0347. The van der Waals surface area contributed by atoms with Gasteiger partial charge >= 0.3 is 5.97 Å². The van der Waals surface area contributed by atoms with E-state index in [-0.39, 0.29) is 24.5 Å². The van der Waals surface area contributed by atoms with E-state index in [1.807, 2.05) is 43.1 Å². The Morgan fingerprint density at radius 2 is 2.00 bits per heavy atom. The molecular weight excluding hydrogens is 334 g/mol. The van der Waals surface area contributed by atoms with Crippen LogP contribution in [-0.4, -0.2) is 72.7 Å². The highest BCUT2D eigenvalue weighted by Gasteiger charge is 2.26. The number of ether oxygens (including phenoxy) is 1. The molecule has 0 aliphatic carbocycles. The first kappa shape index (κ1) is 20.2. The van der Waals surface area contributed by atoms with Crippen LogP contribution in [0, 0.1) is 0 Å². The number of benzene rings is 1. The van der Waals surface area contributed by atoms with E-state index in [4.69, 9.17) is 9.84 Å². The van der Waals surface area contributed by atoms with Crippen molar-refractivity contribution in [3.05, 3.63) is 24.3 Å². The summed E-state index contributed by atoms with van der Waals surface area (Å²) in [6.45, 7) is 3.60. The van der Waals surface area contributed by atoms with E-state index < -0.39 is 5.97 Å². The fourth-order valence-corrected chi connectivity index (χ4v) is 3.36. The van der Waals surface area contributed by atoms with E-state index in [0.29, 0.717) is 0 Å². The third kappa shape index (κ3) is 5.71. The van der Waals surface area contributed by atoms with E-state index >= 15 is 0 Å². The van der Waals surface area contributed by atoms with Gasteiger partial charge in [0.15, 0.2) is 0 Å². The van der Waals surface area contributed by atoms with Crippen LogP contribution in [0.5, 0.6) is 5.75 Å². The first-order valence-electron chi connectivity index (χ1n) is 9.01. The van der Waals surface area contributed by atoms with Gasteiger partial charge in [0, 0.05) is 18.3 Å². The van der Waals surface area contributed by atoms with Crippen molar-refractivity contribution < 1.29 is 19.4 Å². The standard InChI is InChI=1S/C19H29N3O4/c1-14(19(25)20-15-6-8-17(26-3)9-7-15)22-11-4-5-16(10-12-22)21(2)13-18(23)24/h6-9,14,16H,4-5,10-13H2,1-3H3,(H,20,25)(H,23,24). The molecule has 2 N–H and O–H groups in total. The molecule has 1 heterocycles. The molecule has 26 heavy (non-hydrogen) atoms. The van der Waals surface area contributed by atoms with Gasteiger partial charge in [-0.2, -0.15) is 0 Å². The molecule has 0 radical (unpaired) electrons. The zero-order valence-corrected chi connectivity index (χ0v) is 15.8. The molecule has 1 aromatic rings. The predicted molar refractivity (Wildman–Crippen MR) is 101 cm³/mol. The Morgan fingerprint density at radius 1 is 1.31 bits per heavy atom. The molecule has 1 amide bonds. The second-order valence-electron chi connectivity index (χ2n) is 6.82. The third-order valence-electron chi connectivity index (χ3n) is 5.02. The van der Waals surface area contributed by atoms with Crippen LogP contribution in [0.25, 0.3) is 0 Å². The molecular formula is C19H29N3O4. The van der Waals surface area contributed by atoms with Gasteiger partial charge in [0.2, 0.25) is 5.91 Å². The van der Waals surface area contributed by atoms with Gasteiger partial charge in [0.25, 0.3) is 0 Å². The summed E-state index contributed by atoms with van der Waals surface area (Å²) >= 11 is 0. The molecule has 1 aromatic carbocycles. The van der Waals surface area contributed by atoms with Crippen LogP contribution in [-0.2, 0) is 9.59 Å². The van der Waals surface area contributed by atoms with Gasteiger partial charge in [-0.05, 0) is 64.0 Å². The van der Waals surface area contributed by atoms with E-state index in [0.717, 1.165) is 43.8 Å². The van der Waals surface area contributed by atoms with Crippen LogP contribution in [0.2, 0.25) is 0 Å². The van der Waals surface area contributed by atoms with Crippen molar-refractivity contribution in [3.63, 3.8) is 0 Å². The largest absolute Gasteiger partial charge is 0.497 e. The number of methoxy groups -OCH3 is 1. The van der Waals surface area contributed by atoms with Crippen molar-refractivity contribution >= 4 is 17.6 Å². The summed E-state index contributed by atoms with van der Waals surface area (Å²) in [5.74, 6) is -0.0894. The van der Waals surface area contributed by atoms with Crippen molar-refractivity contribution in [1.29, 1.82) is 0 Å². The van der Waals surface area contributed by atoms with Crippen LogP contribution < -0.4 is 10.1 Å². The summed E-state index contributed by atoms with van der Waals surface area (Å²) in [7, 11) is 3.46. The minimum Gasteiger partial charge on any atom is -0.497 e. The Bertz CT molecular complexity index is 605. The summed E-state index contributed by atoms with van der Waals surface area (Å²) in [6, 6.07) is 7.28. The molecule has 0 aromatic heterocycles. The number of hydrogen-bond acceptors (Lipinski definition) is 5. The monoisotopic (exact) mass is 363 g/mol. The van der Waals surface area contributed by atoms with Crippen molar-refractivity contribution in [2.75, 3.05) is 39.1 Å². The highest BCUT2D eigenvalue weighted by atomic mass is 16.5. The zero-order valence-electron chi connectivity index (χ0n) is 15.8. The molecule has 0 bridgehead atoms. The number of likely N-dealkylation sites (tertiary alicyclic amines) is 1. The number of rotatable bonds is 7. The maximum absolute atomic E-state index is 12.6. The molecule has 1 aliphatic heterocycles. The lowest BCUT2D eigenvalue weighted by molar-refractivity contribution is -0.138. The smallest absolute Gasteiger partial charge is 0.317 e. The number of carbonyl (C=O) groups excluding carboxylic acids is 1. The van der Waals surface area contributed by atoms with Crippen LogP contribution in [0.3, 0.4) is 0 Å². The van der Waals surface area contributed by atoms with Crippen molar-refractivity contribution in [3.8, 4) is 5.75 Å². The van der Waals surface area contributed by atoms with Crippen LogP contribution in [0.4, 0.5) is 5.69 Å². The van der Waals surface area contributed by atoms with Gasteiger partial charge in [-0.1, -0.05) is 0 Å². The van der Waals surface area contributed by atoms with E-state index in [1.165, 1.54) is 0 Å². The maximum Gasteiger partial charge on any atom is 0.317 e. The lowest BCUT2D eigenvalue weighted by atomic mass is 10.1. The van der Waals surface area contributed by atoms with Gasteiger partial charge in [-0.3, -0.25) is 19.4 Å². The van der Waals surface area contributed by atoms with Crippen LogP contribution in [0.1, 0.15) is 26.2 Å². The van der Waals surface area contributed by atoms with Crippen molar-refractivity contribution in [1.82, 2.24) is 9.80 Å². The zero-order chi connectivity index (χ0) is 19.1. The molecule has 2 atom stereocenters. The van der Waals surface area contributed by atoms with Crippen molar-refractivity contribution in [2.45, 2.75) is 38.3 Å². The molecule has 2 unspecified atom stereocenters. The average Bonchev–Trinajstić information content (AvgIpc) is 2.87. The molecule has 7 heteroatoms. The lowest BCUT2D eigenvalue weighted by Crippen LogP contribution is -2.43. The summed E-state index contributed by atoms with van der Waals surface area (Å²) in [4.78, 5) is 27.5. The molecule has 7 nitrogen and oxygen atoms in total. The number of nitrogens with one attached hydrogen (secondary N) is 1. The Kier molecular flexibility index (Phi) is 7.41. The number of carboxylic acid groups (broad SMARTS) is 1. The average molecular weight is 363 g/mol. The topological polar surface area (TPSA) is 82.1 Å². The molecule has 1 aliphatic rings. The third-order valence-corrected chi connectivity index (χ3v) is 5.02. The number of hydrogen-bond donors (Lipinski definition) is 2. The van der Waals surface area contributed by atoms with E-state index in [9.17, 15) is 9.59 Å². The van der Waals surface area contributed by atoms with Gasteiger partial charge in [-0.25, -0.2) is 0 Å². The highest BCUT2D eigenvalue weighted by molar-refractivity contribution is 5.94. The first-order valence-corrected chi connectivity index (χ1v) is 9.01. The molecule has 1 saturated heterocycles. The molecule has 144 valence electrons. The predicted octanol–water partition coefficient (Wildman–Crippen LogP) is 1.89. The van der Waals surface area contributed by atoms with Gasteiger partial charge in [-0.15, -0.1) is 0 Å². The molecule has 1 fully saturated rings. The summed E-state index contributed by atoms with van der Waals surface area (Å²) in [5.41, 5.74) is 0.747. The van der Waals surface area contributed by atoms with Crippen molar-refractivity contribution in [2.24, 2.45) is 0 Å². The van der Waals surface area contributed by atoms with Gasteiger partial charge in [0.1, 0.15) is 5.75 Å². The van der Waals surface area contributed by atoms with Crippen LogP contribution in [0.15, 0.2) is 24.3 Å². The Balaban J connectivity index is 1.88.